The Labute approximate surface area is 174 Å². The van der Waals surface area contributed by atoms with E-state index in [0.29, 0.717) is 12.8 Å². The molecule has 10 nitrogen and oxygen atoms in total. The van der Waals surface area contributed by atoms with Gasteiger partial charge in [0.1, 0.15) is 6.10 Å². The van der Waals surface area contributed by atoms with Crippen LogP contribution in [0.2, 0.25) is 0 Å². The van der Waals surface area contributed by atoms with Crippen molar-refractivity contribution in [2.24, 2.45) is 5.92 Å². The lowest BCUT2D eigenvalue weighted by Gasteiger charge is -2.35. The van der Waals surface area contributed by atoms with E-state index in [9.17, 15) is 24.2 Å². The van der Waals surface area contributed by atoms with Gasteiger partial charge < -0.3 is 24.0 Å². The van der Waals surface area contributed by atoms with Gasteiger partial charge in [-0.15, -0.1) is 0 Å². The minimum absolute atomic E-state index is 0.155. The van der Waals surface area contributed by atoms with Crippen LogP contribution in [0, 0.1) is 5.92 Å². The zero-order valence-electron chi connectivity index (χ0n) is 18.1. The molecule has 2 unspecified atom stereocenters. The number of aromatic nitrogens is 2. The van der Waals surface area contributed by atoms with Crippen molar-refractivity contribution >= 4 is 7.60 Å². The minimum Gasteiger partial charge on any atom is -0.378 e. The topological polar surface area (TPSA) is 140 Å². The molecule has 1 aromatic rings. The van der Waals surface area contributed by atoms with Crippen LogP contribution < -0.4 is 11.2 Å². The van der Waals surface area contributed by atoms with Gasteiger partial charge in [0.25, 0.3) is 5.56 Å². The average Bonchev–Trinajstić information content (AvgIpc) is 2.99. The summed E-state index contributed by atoms with van der Waals surface area (Å²) in [6.07, 6.45) is 1.47. The van der Waals surface area contributed by atoms with Crippen molar-refractivity contribution in [3.05, 3.63) is 33.1 Å². The molecule has 3 rings (SSSR count). The summed E-state index contributed by atoms with van der Waals surface area (Å²) in [5.74, 6) is -1.01. The summed E-state index contributed by atoms with van der Waals surface area (Å²) in [6, 6.07) is 0.903. The number of aliphatic hydroxyl groups is 1. The first kappa shape index (κ1) is 23.4. The predicted molar refractivity (Wildman–Crippen MR) is 108 cm³/mol. The minimum atomic E-state index is -4.31. The number of fused-ring (bicyclic) bond motifs is 1. The Hall–Kier alpha value is -1.29. The van der Waals surface area contributed by atoms with Gasteiger partial charge in [0.05, 0.1) is 17.7 Å². The molecule has 5 atom stereocenters. The molecule has 1 aliphatic heterocycles. The summed E-state index contributed by atoms with van der Waals surface area (Å²) in [5.41, 5.74) is -2.07. The largest absolute Gasteiger partial charge is 0.378 e. The maximum absolute atomic E-state index is 12.5. The summed E-state index contributed by atoms with van der Waals surface area (Å²) in [7, 11) is -4.31. The molecule has 1 aromatic heterocycles. The summed E-state index contributed by atoms with van der Waals surface area (Å²) in [6.45, 7) is 9.38. The normalized spacial score (nSPS) is 30.8. The molecule has 11 heteroatoms. The van der Waals surface area contributed by atoms with Gasteiger partial charge in [0.15, 0.2) is 11.1 Å². The number of H-pyrrole nitrogens is 1. The van der Waals surface area contributed by atoms with E-state index in [1.165, 1.54) is 30.7 Å². The van der Waals surface area contributed by atoms with Crippen molar-refractivity contribution < 1.29 is 28.6 Å². The molecule has 0 radical (unpaired) electrons. The summed E-state index contributed by atoms with van der Waals surface area (Å²) >= 11 is 0. The summed E-state index contributed by atoms with van der Waals surface area (Å²) in [4.78, 5) is 36.2. The molecular weight excluding hydrogens is 415 g/mol. The van der Waals surface area contributed by atoms with Gasteiger partial charge in [0.2, 0.25) is 0 Å². The summed E-state index contributed by atoms with van der Waals surface area (Å²) in [5, 5.41) is 8.08. The van der Waals surface area contributed by atoms with Gasteiger partial charge in [-0.1, -0.05) is 0 Å². The second kappa shape index (κ2) is 7.39. The van der Waals surface area contributed by atoms with E-state index in [4.69, 9.17) is 14.0 Å². The second-order valence-electron chi connectivity index (χ2n) is 9.72. The van der Waals surface area contributed by atoms with Crippen LogP contribution in [0.3, 0.4) is 0 Å². The number of hydrogen-bond donors (Lipinski definition) is 3. The standard InChI is InChI=1S/C19H31N2O8P/c1-17(2,29-30(25,26)18(3,4)24)10-11-9-12(15-14(11)27-19(5,6)28-15)21-8-7-13(22)20-16(21)23/h7-8,11-12,14-15,24H,9-10H2,1-6H3,(H,25,26)(H,20,22,23)/t11?,12-,14-,15+/m1/s1. The first-order valence-corrected chi connectivity index (χ1v) is 11.5. The molecular formula is C19H31N2O8P. The monoisotopic (exact) mass is 446 g/mol. The highest BCUT2D eigenvalue weighted by atomic mass is 31.2. The third-order valence-electron chi connectivity index (χ3n) is 5.58. The lowest BCUT2D eigenvalue weighted by atomic mass is 9.90. The van der Waals surface area contributed by atoms with Crippen LogP contribution >= 0.6 is 7.60 Å². The van der Waals surface area contributed by atoms with E-state index in [0.717, 1.165) is 0 Å². The zero-order valence-corrected chi connectivity index (χ0v) is 19.0. The van der Waals surface area contributed by atoms with Crippen LogP contribution in [0.5, 0.6) is 0 Å². The first-order chi connectivity index (χ1) is 13.5. The Morgan fingerprint density at radius 1 is 1.27 bits per heavy atom. The van der Waals surface area contributed by atoms with Gasteiger partial charge in [-0.3, -0.25) is 18.9 Å². The molecule has 0 spiro atoms. The zero-order chi connectivity index (χ0) is 22.7. The molecule has 1 saturated heterocycles. The Kier molecular flexibility index (Phi) is 5.76. The van der Waals surface area contributed by atoms with Crippen LogP contribution in [-0.4, -0.2) is 48.5 Å². The molecule has 170 valence electrons. The maximum atomic E-state index is 12.5. The molecule has 0 aromatic carbocycles. The number of nitrogens with zero attached hydrogens (tertiary/aromatic N) is 1. The van der Waals surface area contributed by atoms with Gasteiger partial charge >= 0.3 is 13.3 Å². The van der Waals surface area contributed by atoms with Gasteiger partial charge in [0, 0.05) is 12.3 Å². The molecule has 1 saturated carbocycles. The van der Waals surface area contributed by atoms with Crippen LogP contribution in [0.15, 0.2) is 21.9 Å². The molecule has 0 bridgehead atoms. The lowest BCUT2D eigenvalue weighted by Crippen LogP contribution is -2.36. The number of ether oxygens (including phenoxy) is 2. The molecule has 2 fully saturated rings. The van der Waals surface area contributed by atoms with Crippen LogP contribution in [0.25, 0.3) is 0 Å². The Balaban J connectivity index is 1.87. The third-order valence-corrected chi connectivity index (χ3v) is 7.70. The smallest absolute Gasteiger partial charge is 0.359 e. The van der Waals surface area contributed by atoms with Gasteiger partial charge in [-0.25, -0.2) is 4.79 Å². The van der Waals surface area contributed by atoms with Gasteiger partial charge in [-0.05, 0) is 60.3 Å². The molecule has 2 heterocycles. The highest BCUT2D eigenvalue weighted by Gasteiger charge is 2.56. The Bertz CT molecular complexity index is 960. The molecule has 30 heavy (non-hydrogen) atoms. The van der Waals surface area contributed by atoms with Crippen LogP contribution in [0.4, 0.5) is 0 Å². The van der Waals surface area contributed by atoms with Crippen molar-refractivity contribution in [1.29, 1.82) is 0 Å². The van der Waals surface area contributed by atoms with E-state index < -0.39 is 41.7 Å². The number of hydrogen-bond acceptors (Lipinski definition) is 7. The first-order valence-electron chi connectivity index (χ1n) is 9.94. The van der Waals surface area contributed by atoms with Gasteiger partial charge in [-0.2, -0.15) is 0 Å². The fraction of sp³-hybridized carbons (Fsp3) is 0.789. The fourth-order valence-corrected chi connectivity index (χ4v) is 5.30. The highest BCUT2D eigenvalue weighted by Crippen LogP contribution is 2.58. The van der Waals surface area contributed by atoms with E-state index >= 15 is 0 Å². The summed E-state index contributed by atoms with van der Waals surface area (Å²) < 4.78 is 31.5. The van der Waals surface area contributed by atoms with Crippen LogP contribution in [0.1, 0.15) is 60.4 Å². The number of nitrogens with one attached hydrogen (secondary N) is 1. The highest BCUT2D eigenvalue weighted by molar-refractivity contribution is 7.54. The maximum Gasteiger partial charge on any atom is 0.359 e. The average molecular weight is 446 g/mol. The fourth-order valence-electron chi connectivity index (χ4n) is 4.33. The van der Waals surface area contributed by atoms with Crippen molar-refractivity contribution in [3.63, 3.8) is 0 Å². The van der Waals surface area contributed by atoms with Crippen molar-refractivity contribution in [2.75, 3.05) is 0 Å². The van der Waals surface area contributed by atoms with E-state index in [1.807, 2.05) is 0 Å². The SMILES string of the molecule is CC(C)(CC1C[C@@H](n2ccc(=O)[nH]c2=O)[C@@H]2OC(C)(C)O[C@H]12)OP(=O)(O)C(C)(C)O. The molecule has 1 aliphatic carbocycles. The second-order valence-corrected chi connectivity index (χ2v) is 12.0. The molecule has 3 N–H and O–H groups in total. The quantitative estimate of drug-likeness (QED) is 0.561. The Morgan fingerprint density at radius 2 is 1.87 bits per heavy atom. The molecule has 0 amide bonds. The lowest BCUT2D eigenvalue weighted by molar-refractivity contribution is -0.162. The predicted octanol–water partition coefficient (Wildman–Crippen LogP) is 1.72. The van der Waals surface area contributed by atoms with E-state index in [2.05, 4.69) is 4.98 Å². The Morgan fingerprint density at radius 3 is 2.43 bits per heavy atom. The van der Waals surface area contributed by atoms with E-state index in [1.54, 1.807) is 27.7 Å². The van der Waals surface area contributed by atoms with E-state index in [-0.39, 0.29) is 18.1 Å². The van der Waals surface area contributed by atoms with Crippen LogP contribution in [-0.2, 0) is 18.6 Å². The van der Waals surface area contributed by atoms with Crippen molar-refractivity contribution in [3.8, 4) is 0 Å². The molecule has 2 aliphatic rings. The number of rotatable bonds is 6. The third kappa shape index (κ3) is 4.64. The van der Waals surface area contributed by atoms with Crippen molar-refractivity contribution in [1.82, 2.24) is 9.55 Å². The number of aromatic amines is 1. The van der Waals surface area contributed by atoms with Crippen molar-refractivity contribution in [2.45, 2.75) is 89.4 Å².